The molecule has 0 aliphatic carbocycles. The van der Waals surface area contributed by atoms with Gasteiger partial charge in [-0.25, -0.2) is 0 Å². The van der Waals surface area contributed by atoms with Gasteiger partial charge in [-0.05, 0) is 19.1 Å². The van der Waals surface area contributed by atoms with Gasteiger partial charge in [-0.1, -0.05) is 6.07 Å². The van der Waals surface area contributed by atoms with Gasteiger partial charge in [0.2, 0.25) is 0 Å². The first-order valence-corrected chi connectivity index (χ1v) is 6.79. The van der Waals surface area contributed by atoms with Crippen LogP contribution in [0.25, 0.3) is 0 Å². The van der Waals surface area contributed by atoms with Crippen LogP contribution in [0.5, 0.6) is 0 Å². The van der Waals surface area contributed by atoms with Gasteiger partial charge in [0.1, 0.15) is 5.71 Å². The Kier molecular flexibility index (Phi) is 3.45. The van der Waals surface area contributed by atoms with Gasteiger partial charge in [-0.15, -0.1) is 0 Å². The maximum absolute atomic E-state index is 12.3. The van der Waals surface area contributed by atoms with E-state index >= 15 is 0 Å². The van der Waals surface area contributed by atoms with Gasteiger partial charge in [0.25, 0.3) is 5.91 Å². The lowest BCUT2D eigenvalue weighted by atomic mass is 9.91. The molecule has 0 bridgehead atoms. The van der Waals surface area contributed by atoms with Crippen LogP contribution in [0.15, 0.2) is 34.5 Å². The summed E-state index contributed by atoms with van der Waals surface area (Å²) in [6.45, 7) is 2.54. The lowest BCUT2D eigenvalue weighted by molar-refractivity contribution is -0.115. The standard InChI is InChI=1S/C14H17N5O/c1-9(11-4-2-3-6-16-11)17-14(20)13-10-8-15-7-5-12(10)18-19-13/h2-4,6-7,9-10,12,18H,5,8H2,1H3,(H,17,20). The third-order valence-electron chi connectivity index (χ3n) is 3.69. The average molecular weight is 271 g/mol. The number of fused-ring (bicyclic) bond motifs is 1. The van der Waals surface area contributed by atoms with E-state index in [1.165, 1.54) is 0 Å². The van der Waals surface area contributed by atoms with Crippen LogP contribution in [0, 0.1) is 5.92 Å². The Hall–Kier alpha value is -2.24. The Morgan fingerprint density at radius 3 is 3.20 bits per heavy atom. The molecule has 1 amide bonds. The molecule has 1 aromatic heterocycles. The smallest absolute Gasteiger partial charge is 0.268 e. The molecular formula is C14H17N5O. The molecule has 20 heavy (non-hydrogen) atoms. The molecule has 6 nitrogen and oxygen atoms in total. The first kappa shape index (κ1) is 12.8. The molecule has 2 aliphatic heterocycles. The highest BCUT2D eigenvalue weighted by Crippen LogP contribution is 2.20. The Labute approximate surface area is 117 Å². The zero-order chi connectivity index (χ0) is 13.9. The summed E-state index contributed by atoms with van der Waals surface area (Å²) in [7, 11) is 0. The number of aliphatic imine (C=N–C) groups is 1. The molecule has 3 unspecified atom stereocenters. The number of carbonyl (C=O) groups excluding carboxylic acids is 1. The van der Waals surface area contributed by atoms with E-state index in [1.54, 1.807) is 6.20 Å². The van der Waals surface area contributed by atoms with Crippen molar-refractivity contribution in [2.24, 2.45) is 16.0 Å². The molecule has 0 saturated heterocycles. The largest absolute Gasteiger partial charge is 0.343 e. The molecule has 2 aliphatic rings. The Balaban J connectivity index is 1.66. The maximum Gasteiger partial charge on any atom is 0.268 e. The molecule has 104 valence electrons. The van der Waals surface area contributed by atoms with E-state index in [0.29, 0.717) is 12.3 Å². The van der Waals surface area contributed by atoms with Crippen molar-refractivity contribution in [1.82, 2.24) is 15.7 Å². The minimum atomic E-state index is -0.141. The fraction of sp³-hybridized carbons (Fsp3) is 0.429. The molecule has 0 spiro atoms. The van der Waals surface area contributed by atoms with Crippen molar-refractivity contribution in [3.63, 3.8) is 0 Å². The van der Waals surface area contributed by atoms with Crippen molar-refractivity contribution >= 4 is 17.8 Å². The van der Waals surface area contributed by atoms with Gasteiger partial charge in [0.05, 0.1) is 23.7 Å². The van der Waals surface area contributed by atoms with E-state index < -0.39 is 0 Å². The van der Waals surface area contributed by atoms with Gasteiger partial charge in [0.15, 0.2) is 0 Å². The maximum atomic E-state index is 12.3. The number of nitrogens with one attached hydrogen (secondary N) is 2. The topological polar surface area (TPSA) is 78.7 Å². The summed E-state index contributed by atoms with van der Waals surface area (Å²) in [5.41, 5.74) is 4.41. The Morgan fingerprint density at radius 2 is 2.40 bits per heavy atom. The monoisotopic (exact) mass is 271 g/mol. The highest BCUT2D eigenvalue weighted by atomic mass is 16.2. The van der Waals surface area contributed by atoms with Gasteiger partial charge in [0, 0.05) is 25.4 Å². The molecule has 2 N–H and O–H groups in total. The van der Waals surface area contributed by atoms with Gasteiger partial charge in [-0.2, -0.15) is 5.10 Å². The van der Waals surface area contributed by atoms with Crippen LogP contribution in [0.2, 0.25) is 0 Å². The van der Waals surface area contributed by atoms with Crippen LogP contribution < -0.4 is 10.7 Å². The van der Waals surface area contributed by atoms with Crippen molar-refractivity contribution in [2.45, 2.75) is 25.4 Å². The Morgan fingerprint density at radius 1 is 1.50 bits per heavy atom. The summed E-state index contributed by atoms with van der Waals surface area (Å²) in [6, 6.07) is 5.72. The molecule has 3 atom stereocenters. The third kappa shape index (κ3) is 2.41. The van der Waals surface area contributed by atoms with Crippen molar-refractivity contribution in [1.29, 1.82) is 0 Å². The molecule has 6 heteroatoms. The molecular weight excluding hydrogens is 254 g/mol. The van der Waals surface area contributed by atoms with E-state index in [9.17, 15) is 4.79 Å². The number of rotatable bonds is 3. The third-order valence-corrected chi connectivity index (χ3v) is 3.69. The first-order valence-electron chi connectivity index (χ1n) is 6.79. The highest BCUT2D eigenvalue weighted by Gasteiger charge is 2.36. The fourth-order valence-electron chi connectivity index (χ4n) is 2.52. The number of hydrogen-bond donors (Lipinski definition) is 2. The summed E-state index contributed by atoms with van der Waals surface area (Å²) in [4.78, 5) is 20.8. The van der Waals surface area contributed by atoms with Gasteiger partial charge < -0.3 is 10.7 Å². The predicted molar refractivity (Wildman–Crippen MR) is 76.6 cm³/mol. The predicted octanol–water partition coefficient (Wildman–Crippen LogP) is 0.677. The number of nitrogens with zero attached hydrogens (tertiary/aromatic N) is 3. The number of aromatic nitrogens is 1. The normalized spacial score (nSPS) is 25.4. The van der Waals surface area contributed by atoms with Crippen molar-refractivity contribution < 1.29 is 4.79 Å². The zero-order valence-corrected chi connectivity index (χ0v) is 11.3. The fourth-order valence-corrected chi connectivity index (χ4v) is 2.52. The SMILES string of the molecule is CC(NC(=O)C1=NNC2CC=NCC12)c1ccccn1. The second kappa shape index (κ2) is 5.40. The number of hydrogen-bond acceptors (Lipinski definition) is 5. The van der Waals surface area contributed by atoms with Crippen LogP contribution in [-0.2, 0) is 4.79 Å². The summed E-state index contributed by atoms with van der Waals surface area (Å²) in [5.74, 6) is -0.0591. The van der Waals surface area contributed by atoms with E-state index in [2.05, 4.69) is 25.8 Å². The Bertz CT molecular complexity index is 554. The van der Waals surface area contributed by atoms with E-state index in [4.69, 9.17) is 0 Å². The number of carbonyl (C=O) groups is 1. The molecule has 3 rings (SSSR count). The number of pyridine rings is 1. The van der Waals surface area contributed by atoms with E-state index in [1.807, 2.05) is 31.3 Å². The van der Waals surface area contributed by atoms with Crippen molar-refractivity contribution in [3.05, 3.63) is 30.1 Å². The lowest BCUT2D eigenvalue weighted by Gasteiger charge is -2.21. The second-order valence-electron chi connectivity index (χ2n) is 5.07. The molecule has 0 saturated carbocycles. The van der Waals surface area contributed by atoms with E-state index in [0.717, 1.165) is 12.1 Å². The van der Waals surface area contributed by atoms with Crippen LogP contribution in [0.4, 0.5) is 0 Å². The molecule has 0 fully saturated rings. The number of hydrazone groups is 1. The van der Waals surface area contributed by atoms with Crippen LogP contribution >= 0.6 is 0 Å². The average Bonchev–Trinajstić information content (AvgIpc) is 2.92. The van der Waals surface area contributed by atoms with Crippen LogP contribution in [0.3, 0.4) is 0 Å². The highest BCUT2D eigenvalue weighted by molar-refractivity contribution is 6.40. The van der Waals surface area contributed by atoms with Crippen molar-refractivity contribution in [2.75, 3.05) is 6.54 Å². The summed E-state index contributed by atoms with van der Waals surface area (Å²) >= 11 is 0. The van der Waals surface area contributed by atoms with Gasteiger partial charge in [-0.3, -0.25) is 14.8 Å². The molecule has 3 heterocycles. The summed E-state index contributed by atoms with van der Waals surface area (Å²) in [5, 5.41) is 7.13. The molecule has 0 aromatic carbocycles. The van der Waals surface area contributed by atoms with Gasteiger partial charge >= 0.3 is 0 Å². The number of amides is 1. The second-order valence-corrected chi connectivity index (χ2v) is 5.07. The van der Waals surface area contributed by atoms with Crippen molar-refractivity contribution in [3.8, 4) is 0 Å². The minimum absolute atomic E-state index is 0.0796. The summed E-state index contributed by atoms with van der Waals surface area (Å²) < 4.78 is 0. The summed E-state index contributed by atoms with van der Waals surface area (Å²) in [6.07, 6.45) is 4.43. The lowest BCUT2D eigenvalue weighted by Crippen LogP contribution is -2.41. The zero-order valence-electron chi connectivity index (χ0n) is 11.3. The minimum Gasteiger partial charge on any atom is -0.343 e. The molecule has 0 radical (unpaired) electrons. The van der Waals surface area contributed by atoms with E-state index in [-0.39, 0.29) is 23.9 Å². The van der Waals surface area contributed by atoms with Crippen LogP contribution in [-0.4, -0.2) is 35.4 Å². The molecule has 1 aromatic rings. The van der Waals surface area contributed by atoms with Crippen LogP contribution in [0.1, 0.15) is 25.1 Å². The quantitative estimate of drug-likeness (QED) is 0.848. The first-order chi connectivity index (χ1) is 9.75.